The van der Waals surface area contributed by atoms with Crippen LogP contribution in [-0.4, -0.2) is 88.1 Å². The molecule has 1 N–H and O–H groups in total. The first-order chi connectivity index (χ1) is 20.8. The summed E-state index contributed by atoms with van der Waals surface area (Å²) >= 11 is 1.24. The summed E-state index contributed by atoms with van der Waals surface area (Å²) in [4.78, 5) is 25.6. The van der Waals surface area contributed by atoms with E-state index in [1.807, 2.05) is 90.0 Å². The van der Waals surface area contributed by atoms with Gasteiger partial charge in [0.2, 0.25) is 0 Å². The van der Waals surface area contributed by atoms with Crippen LogP contribution in [-0.2, 0) is 42.7 Å². The Hall–Kier alpha value is -0.790. The summed E-state index contributed by atoms with van der Waals surface area (Å²) in [7, 11) is 1.58. The zero-order chi connectivity index (χ0) is 35.6. The Morgan fingerprint density at radius 2 is 1.46 bits per heavy atom. The zero-order valence-corrected chi connectivity index (χ0v) is 32.2. The molecular formula is C35H64O10S. The number of hydrogen-bond donors (Lipinski definition) is 1. The maximum atomic E-state index is 13.0. The average Bonchev–Trinajstić information content (AvgIpc) is 3.30. The fourth-order valence-electron chi connectivity index (χ4n) is 7.68. The number of hydrogen-bond acceptors (Lipinski definition) is 11. The van der Waals surface area contributed by atoms with Crippen molar-refractivity contribution in [2.24, 2.45) is 23.7 Å². The summed E-state index contributed by atoms with van der Waals surface area (Å²) in [6.07, 6.45) is -1.78. The third-order valence-corrected chi connectivity index (χ3v) is 10.4. The molecular weight excluding hydrogens is 612 g/mol. The minimum atomic E-state index is -0.951. The van der Waals surface area contributed by atoms with Crippen LogP contribution in [0.3, 0.4) is 0 Å². The zero-order valence-electron chi connectivity index (χ0n) is 31.3. The summed E-state index contributed by atoms with van der Waals surface area (Å²) < 4.78 is 43.2. The third-order valence-electron chi connectivity index (χ3n) is 9.22. The summed E-state index contributed by atoms with van der Waals surface area (Å²) in [5.41, 5.74) is -1.73. The van der Waals surface area contributed by atoms with E-state index in [1.54, 1.807) is 14.0 Å². The molecule has 270 valence electrons. The van der Waals surface area contributed by atoms with Crippen molar-refractivity contribution >= 4 is 22.8 Å². The lowest BCUT2D eigenvalue weighted by Gasteiger charge is -2.43. The lowest BCUT2D eigenvalue weighted by molar-refractivity contribution is -0.201. The van der Waals surface area contributed by atoms with E-state index < -0.39 is 65.0 Å². The van der Waals surface area contributed by atoms with Crippen molar-refractivity contribution in [3.05, 3.63) is 0 Å². The number of carbonyl (C=O) groups is 2. The van der Waals surface area contributed by atoms with Crippen molar-refractivity contribution in [3.8, 4) is 0 Å². The SMILES string of the molecule is CCC(OCOC)C1(C)OC(C)(C)OC1C(C)C(OC(C)=O)C(C)CC1(C)OC(C)(C)OC1C(C)C(O)C(C)C(=O)SC(C)(C)C. The highest BCUT2D eigenvalue weighted by atomic mass is 32.2. The second-order valence-electron chi connectivity index (χ2n) is 15.8. The molecule has 0 aromatic rings. The number of thioether (sulfide) groups is 1. The van der Waals surface area contributed by atoms with Crippen LogP contribution in [0.5, 0.6) is 0 Å². The van der Waals surface area contributed by atoms with Crippen LogP contribution in [0.2, 0.25) is 0 Å². The fraction of sp³-hybridized carbons (Fsp3) is 0.943. The molecule has 11 heteroatoms. The van der Waals surface area contributed by atoms with Crippen LogP contribution < -0.4 is 0 Å². The highest BCUT2D eigenvalue weighted by Crippen LogP contribution is 2.49. The Labute approximate surface area is 282 Å². The van der Waals surface area contributed by atoms with Crippen LogP contribution in [0.25, 0.3) is 0 Å². The van der Waals surface area contributed by atoms with Gasteiger partial charge in [-0.15, -0.1) is 0 Å². The number of aliphatic hydroxyl groups is 1. The van der Waals surface area contributed by atoms with E-state index in [0.29, 0.717) is 12.8 Å². The molecule has 2 saturated heterocycles. The summed E-state index contributed by atoms with van der Waals surface area (Å²) in [5, 5.41) is 11.4. The highest BCUT2D eigenvalue weighted by molar-refractivity contribution is 8.14. The van der Waals surface area contributed by atoms with Crippen LogP contribution >= 0.6 is 11.8 Å². The molecule has 0 amide bonds. The van der Waals surface area contributed by atoms with E-state index >= 15 is 0 Å². The second-order valence-corrected chi connectivity index (χ2v) is 17.7. The lowest BCUT2D eigenvalue weighted by atomic mass is 9.74. The smallest absolute Gasteiger partial charge is 0.302 e. The summed E-state index contributed by atoms with van der Waals surface area (Å²) in [5.74, 6) is -3.78. The minimum absolute atomic E-state index is 0.0616. The minimum Gasteiger partial charge on any atom is -0.462 e. The summed E-state index contributed by atoms with van der Waals surface area (Å²) in [6.45, 7) is 28.6. The number of ether oxygens (including phenoxy) is 7. The van der Waals surface area contributed by atoms with E-state index in [2.05, 4.69) is 0 Å². The molecule has 0 aliphatic carbocycles. The molecule has 11 unspecified atom stereocenters. The Kier molecular flexibility index (Phi) is 13.9. The lowest BCUT2D eigenvalue weighted by Crippen LogP contribution is -2.55. The number of aliphatic hydroxyl groups excluding tert-OH is 1. The van der Waals surface area contributed by atoms with E-state index in [9.17, 15) is 14.7 Å². The Morgan fingerprint density at radius 3 is 1.96 bits per heavy atom. The fourth-order valence-corrected chi connectivity index (χ4v) is 8.61. The average molecular weight is 677 g/mol. The topological polar surface area (TPSA) is 119 Å². The summed E-state index contributed by atoms with van der Waals surface area (Å²) in [6, 6.07) is 0. The number of methoxy groups -OCH3 is 1. The van der Waals surface area contributed by atoms with Gasteiger partial charge in [0.15, 0.2) is 16.7 Å². The van der Waals surface area contributed by atoms with Gasteiger partial charge in [-0.25, -0.2) is 0 Å². The van der Waals surface area contributed by atoms with E-state index in [-0.39, 0.29) is 34.6 Å². The largest absolute Gasteiger partial charge is 0.462 e. The molecule has 2 rings (SSSR count). The molecule has 0 aromatic carbocycles. The first kappa shape index (κ1) is 41.4. The van der Waals surface area contributed by atoms with E-state index in [0.717, 1.165) is 0 Å². The normalized spacial score (nSPS) is 32.3. The maximum Gasteiger partial charge on any atom is 0.302 e. The van der Waals surface area contributed by atoms with Crippen LogP contribution in [0.15, 0.2) is 0 Å². The monoisotopic (exact) mass is 676 g/mol. The molecule has 46 heavy (non-hydrogen) atoms. The predicted octanol–water partition coefficient (Wildman–Crippen LogP) is 6.49. The van der Waals surface area contributed by atoms with Gasteiger partial charge in [-0.2, -0.15) is 0 Å². The van der Waals surface area contributed by atoms with Crippen molar-refractivity contribution in [3.63, 3.8) is 0 Å². The van der Waals surface area contributed by atoms with Crippen molar-refractivity contribution in [2.75, 3.05) is 13.9 Å². The number of esters is 1. The van der Waals surface area contributed by atoms with Gasteiger partial charge in [0, 0.05) is 30.6 Å². The predicted molar refractivity (Wildman–Crippen MR) is 179 cm³/mol. The highest BCUT2D eigenvalue weighted by Gasteiger charge is 2.59. The van der Waals surface area contributed by atoms with Gasteiger partial charge in [-0.05, 0) is 60.3 Å². The quantitative estimate of drug-likeness (QED) is 0.151. The standard InChI is InChI=1S/C35H64O10S/c1-17-25(40-19-39-16)35(15)29(43-33(12,13)45-35)23(5)27(41-24(6)36)20(2)18-34(14)28(42-32(10,11)44-34)21(3)26(37)22(4)30(38)46-31(7,8)9/h20-23,25-29,37H,17-19H2,1-16H3. The van der Waals surface area contributed by atoms with Gasteiger partial charge in [0.1, 0.15) is 18.5 Å². The van der Waals surface area contributed by atoms with Gasteiger partial charge < -0.3 is 38.3 Å². The van der Waals surface area contributed by atoms with Crippen molar-refractivity contribution in [2.45, 2.75) is 175 Å². The second kappa shape index (κ2) is 15.4. The third kappa shape index (κ3) is 10.1. The molecule has 2 aliphatic heterocycles. The molecule has 10 nitrogen and oxygen atoms in total. The number of rotatable bonds is 15. The van der Waals surface area contributed by atoms with E-state index in [4.69, 9.17) is 33.2 Å². The molecule has 0 saturated carbocycles. The maximum absolute atomic E-state index is 13.0. The Morgan fingerprint density at radius 1 is 0.913 bits per heavy atom. The molecule has 2 aliphatic rings. The van der Waals surface area contributed by atoms with Crippen LogP contribution in [0.4, 0.5) is 0 Å². The first-order valence-corrected chi connectivity index (χ1v) is 17.6. The van der Waals surface area contributed by atoms with Crippen LogP contribution in [0.1, 0.15) is 117 Å². The van der Waals surface area contributed by atoms with Crippen molar-refractivity contribution < 1.29 is 47.9 Å². The van der Waals surface area contributed by atoms with Gasteiger partial charge in [-0.3, -0.25) is 9.59 Å². The van der Waals surface area contributed by atoms with Gasteiger partial charge >= 0.3 is 5.97 Å². The molecule has 2 fully saturated rings. The van der Waals surface area contributed by atoms with Gasteiger partial charge in [-0.1, -0.05) is 67.2 Å². The molecule has 0 aromatic heterocycles. The van der Waals surface area contributed by atoms with Gasteiger partial charge in [0.05, 0.1) is 35.9 Å². The molecule has 11 atom stereocenters. The van der Waals surface area contributed by atoms with E-state index in [1.165, 1.54) is 18.7 Å². The van der Waals surface area contributed by atoms with Crippen molar-refractivity contribution in [1.82, 2.24) is 0 Å². The Bertz CT molecular complexity index is 1030. The first-order valence-electron chi connectivity index (χ1n) is 16.8. The number of carbonyl (C=O) groups excluding carboxylic acids is 2. The molecule has 0 spiro atoms. The Balaban J connectivity index is 2.42. The van der Waals surface area contributed by atoms with Gasteiger partial charge in [0.25, 0.3) is 0 Å². The van der Waals surface area contributed by atoms with Crippen molar-refractivity contribution in [1.29, 1.82) is 0 Å². The molecule has 2 heterocycles. The molecule has 0 bridgehead atoms. The molecule has 0 radical (unpaired) electrons. The van der Waals surface area contributed by atoms with Crippen LogP contribution in [0, 0.1) is 23.7 Å².